The lowest BCUT2D eigenvalue weighted by molar-refractivity contribution is -0.138. The summed E-state index contributed by atoms with van der Waals surface area (Å²) in [6.07, 6.45) is -1.94. The summed E-state index contributed by atoms with van der Waals surface area (Å²) in [6, 6.07) is 0. The normalized spacial score (nSPS) is 13.9. The second kappa shape index (κ2) is 6.97. The number of rotatable bonds is 8. The average Bonchev–Trinajstić information content (AvgIpc) is 2.23. The van der Waals surface area contributed by atoms with Crippen molar-refractivity contribution in [3.8, 4) is 0 Å². The summed E-state index contributed by atoms with van der Waals surface area (Å²) < 4.78 is 15.2. The number of nitrogens with one attached hydrogen (secondary N) is 1. The lowest BCUT2D eigenvalue weighted by Gasteiger charge is -2.31. The van der Waals surface area contributed by atoms with Crippen molar-refractivity contribution < 1.29 is 38.7 Å². The summed E-state index contributed by atoms with van der Waals surface area (Å²) in [4.78, 5) is 39.5. The van der Waals surface area contributed by atoms with Gasteiger partial charge in [0.2, 0.25) is 5.91 Å². The zero-order chi connectivity index (χ0) is 15.3. The lowest BCUT2D eigenvalue weighted by Crippen LogP contribution is -2.47. The maximum absolute atomic E-state index is 11.7. The van der Waals surface area contributed by atoms with Crippen molar-refractivity contribution in [1.82, 2.24) is 5.32 Å². The minimum Gasteiger partial charge on any atom is -0.481 e. The van der Waals surface area contributed by atoms with Crippen LogP contribution in [0.2, 0.25) is 0 Å². The second-order valence-electron chi connectivity index (χ2n) is 4.56. The Bertz CT molecular complexity index is 376. The van der Waals surface area contributed by atoms with E-state index in [2.05, 4.69) is 9.84 Å². The molecule has 0 radical (unpaired) electrons. The van der Waals surface area contributed by atoms with Gasteiger partial charge in [-0.25, -0.2) is 4.57 Å². The van der Waals surface area contributed by atoms with E-state index in [4.69, 9.17) is 20.0 Å². The number of carbonyl (C=O) groups is 2. The van der Waals surface area contributed by atoms with Crippen LogP contribution in [-0.2, 0) is 18.7 Å². The number of carboxylic acids is 1. The Balaban J connectivity index is 4.79. The van der Waals surface area contributed by atoms with Crippen LogP contribution in [0.1, 0.15) is 20.3 Å². The fourth-order valence-electron chi connectivity index (χ4n) is 1.15. The highest BCUT2D eigenvalue weighted by atomic mass is 31.2. The van der Waals surface area contributed by atoms with Crippen molar-refractivity contribution in [1.29, 1.82) is 0 Å². The van der Waals surface area contributed by atoms with Crippen molar-refractivity contribution in [3.63, 3.8) is 0 Å². The van der Waals surface area contributed by atoms with E-state index in [-0.39, 0.29) is 13.0 Å². The molecule has 0 heterocycles. The third kappa shape index (κ3) is 7.24. The minimum absolute atomic E-state index is 0.212. The Morgan fingerprint density at radius 2 is 2.00 bits per heavy atom. The molecule has 19 heavy (non-hydrogen) atoms. The molecule has 0 aliphatic heterocycles. The zero-order valence-corrected chi connectivity index (χ0v) is 11.5. The third-order valence-corrected chi connectivity index (χ3v) is 2.72. The first-order valence-corrected chi connectivity index (χ1v) is 6.87. The summed E-state index contributed by atoms with van der Waals surface area (Å²) >= 11 is 0. The molecule has 1 amide bonds. The minimum atomic E-state index is -4.92. The van der Waals surface area contributed by atoms with Gasteiger partial charge in [-0.05, 0) is 0 Å². The Kier molecular flexibility index (Phi) is 6.61. The van der Waals surface area contributed by atoms with E-state index in [1.807, 2.05) is 0 Å². The number of aliphatic hydroxyl groups excluding tert-OH is 1. The molecule has 0 bridgehead atoms. The first-order chi connectivity index (χ1) is 8.49. The van der Waals surface area contributed by atoms with Crippen LogP contribution in [-0.4, -0.2) is 51.1 Å². The van der Waals surface area contributed by atoms with Crippen LogP contribution in [0.25, 0.3) is 0 Å². The Morgan fingerprint density at radius 3 is 2.37 bits per heavy atom. The number of carbonyl (C=O) groups excluding carboxylic acids is 1. The molecule has 5 N–H and O–H groups in total. The molecule has 0 spiro atoms. The molecule has 0 rings (SSSR count). The van der Waals surface area contributed by atoms with Crippen LogP contribution >= 0.6 is 7.82 Å². The van der Waals surface area contributed by atoms with Crippen molar-refractivity contribution >= 4 is 19.7 Å². The van der Waals surface area contributed by atoms with Crippen molar-refractivity contribution in [2.45, 2.75) is 26.4 Å². The molecular weight excluding hydrogens is 283 g/mol. The van der Waals surface area contributed by atoms with Crippen LogP contribution in [0.15, 0.2) is 0 Å². The highest BCUT2D eigenvalue weighted by Crippen LogP contribution is 2.41. The highest BCUT2D eigenvalue weighted by Gasteiger charge is 2.40. The SMILES string of the molecule is CC(C)(CO)[C@@H](OP(=O)(O)O)C(=O)NCC[14C](=O)O. The summed E-state index contributed by atoms with van der Waals surface area (Å²) in [6.45, 7) is 1.99. The van der Waals surface area contributed by atoms with Gasteiger partial charge in [0.15, 0.2) is 6.10 Å². The van der Waals surface area contributed by atoms with Crippen LogP contribution in [0.5, 0.6) is 0 Å². The van der Waals surface area contributed by atoms with Crippen molar-refractivity contribution in [2.24, 2.45) is 5.41 Å². The molecule has 0 unspecified atom stereocenters. The van der Waals surface area contributed by atoms with E-state index >= 15 is 0 Å². The first kappa shape index (κ1) is 18.0. The van der Waals surface area contributed by atoms with Gasteiger partial charge < -0.3 is 25.3 Å². The molecule has 9 nitrogen and oxygen atoms in total. The third-order valence-electron chi connectivity index (χ3n) is 2.24. The molecule has 10 heteroatoms. The number of aliphatic hydroxyl groups is 1. The van der Waals surface area contributed by atoms with Gasteiger partial charge in [-0.1, -0.05) is 13.8 Å². The monoisotopic (exact) mass is 301 g/mol. The first-order valence-electron chi connectivity index (χ1n) is 5.34. The molecule has 1 atom stereocenters. The predicted molar refractivity (Wildman–Crippen MR) is 63.0 cm³/mol. The number of hydrogen-bond acceptors (Lipinski definition) is 5. The maximum atomic E-state index is 11.7. The van der Waals surface area contributed by atoms with Crippen LogP contribution in [0.3, 0.4) is 0 Å². The van der Waals surface area contributed by atoms with E-state index < -0.39 is 37.8 Å². The topological polar surface area (TPSA) is 153 Å². The zero-order valence-electron chi connectivity index (χ0n) is 10.6. The maximum Gasteiger partial charge on any atom is 0.470 e. The fourth-order valence-corrected chi connectivity index (χ4v) is 1.81. The molecule has 0 saturated heterocycles. The van der Waals surface area contributed by atoms with Crippen molar-refractivity contribution in [3.05, 3.63) is 0 Å². The Morgan fingerprint density at radius 1 is 1.47 bits per heavy atom. The van der Waals surface area contributed by atoms with Gasteiger partial charge >= 0.3 is 13.8 Å². The smallest absolute Gasteiger partial charge is 0.470 e. The fraction of sp³-hybridized carbons (Fsp3) is 0.778. The van der Waals surface area contributed by atoms with Gasteiger partial charge in [-0.3, -0.25) is 14.1 Å². The van der Waals surface area contributed by atoms with Gasteiger partial charge in [0.25, 0.3) is 0 Å². The van der Waals surface area contributed by atoms with Gasteiger partial charge in [0.1, 0.15) is 0 Å². The average molecular weight is 301 g/mol. The lowest BCUT2D eigenvalue weighted by atomic mass is 9.87. The van der Waals surface area contributed by atoms with Gasteiger partial charge in [0, 0.05) is 12.0 Å². The van der Waals surface area contributed by atoms with Gasteiger partial charge in [-0.2, -0.15) is 0 Å². The number of aliphatic carboxylic acids is 1. The largest absolute Gasteiger partial charge is 0.481 e. The van der Waals surface area contributed by atoms with E-state index in [1.54, 1.807) is 0 Å². The van der Waals surface area contributed by atoms with E-state index in [9.17, 15) is 14.2 Å². The summed E-state index contributed by atoms with van der Waals surface area (Å²) in [5.74, 6) is -2.03. The molecule has 0 aromatic carbocycles. The molecule has 0 aromatic heterocycles. The second-order valence-corrected chi connectivity index (χ2v) is 5.75. The molecule has 0 aliphatic carbocycles. The Hall–Kier alpha value is -0.990. The number of amides is 1. The molecule has 0 aliphatic rings. The standard InChI is InChI=1S/C9H18NO8P/c1-9(2,5-11)7(18-19(15,16)17)8(14)10-4-3-6(12)13/h7,11H,3-5H2,1-2H3,(H,10,14)(H,12,13)(H2,15,16,17)/t7-/m0/s1/i6+2. The quantitative estimate of drug-likeness (QED) is 0.360. The van der Waals surface area contributed by atoms with Gasteiger partial charge in [-0.15, -0.1) is 0 Å². The summed E-state index contributed by atoms with van der Waals surface area (Å²) in [5.41, 5.74) is -1.24. The van der Waals surface area contributed by atoms with Gasteiger partial charge in [0.05, 0.1) is 13.0 Å². The van der Waals surface area contributed by atoms with E-state index in [1.165, 1.54) is 13.8 Å². The number of phosphoric acid groups is 1. The number of carboxylic acid groups (broad SMARTS) is 1. The Labute approximate surface area is 109 Å². The van der Waals surface area contributed by atoms with Crippen LogP contribution in [0.4, 0.5) is 0 Å². The molecule has 0 saturated carbocycles. The summed E-state index contributed by atoms with van der Waals surface area (Å²) in [5, 5.41) is 19.7. The molecule has 0 aromatic rings. The molecule has 112 valence electrons. The number of phosphoric ester groups is 1. The van der Waals surface area contributed by atoms with E-state index in [0.717, 1.165) is 0 Å². The van der Waals surface area contributed by atoms with Crippen molar-refractivity contribution in [2.75, 3.05) is 13.2 Å². The van der Waals surface area contributed by atoms with Crippen LogP contribution in [0, 0.1) is 5.41 Å². The number of hydrogen-bond donors (Lipinski definition) is 5. The highest BCUT2D eigenvalue weighted by molar-refractivity contribution is 7.46. The van der Waals surface area contributed by atoms with E-state index in [0.29, 0.717) is 0 Å². The predicted octanol–water partition coefficient (Wildman–Crippen LogP) is -0.926. The molecular formula is C9H18NO8P. The molecule has 0 fully saturated rings. The summed E-state index contributed by atoms with van der Waals surface area (Å²) in [7, 11) is -4.92. The van der Waals surface area contributed by atoms with Crippen LogP contribution < -0.4 is 5.32 Å².